The van der Waals surface area contributed by atoms with Gasteiger partial charge in [-0.2, -0.15) is 0 Å². The summed E-state index contributed by atoms with van der Waals surface area (Å²) in [6.07, 6.45) is 0.137. The largest absolute Gasteiger partial charge is 0.375 e. The Labute approximate surface area is 115 Å². The van der Waals surface area contributed by atoms with Crippen LogP contribution >= 0.6 is 22.6 Å². The average molecular weight is 345 g/mol. The molecule has 0 saturated carbocycles. The summed E-state index contributed by atoms with van der Waals surface area (Å²) in [7, 11) is 0. The molecule has 1 saturated heterocycles. The van der Waals surface area contributed by atoms with Crippen molar-refractivity contribution in [1.82, 2.24) is 4.90 Å². The maximum Gasteiger partial charge on any atom is 0.254 e. The molecule has 4 heteroatoms. The van der Waals surface area contributed by atoms with Crippen molar-refractivity contribution in [3.63, 3.8) is 0 Å². The van der Waals surface area contributed by atoms with E-state index in [1.54, 1.807) is 0 Å². The molecule has 0 bridgehead atoms. The monoisotopic (exact) mass is 345 g/mol. The number of rotatable bonds is 1. The predicted molar refractivity (Wildman–Crippen MR) is 75.2 cm³/mol. The van der Waals surface area contributed by atoms with E-state index in [1.165, 1.54) is 3.57 Å². The Bertz CT molecular complexity index is 433. The number of halogens is 1. The van der Waals surface area contributed by atoms with E-state index >= 15 is 0 Å². The molecule has 0 aromatic heterocycles. The number of ether oxygens (including phenoxy) is 1. The van der Waals surface area contributed by atoms with Gasteiger partial charge in [0.15, 0.2) is 0 Å². The third-order valence-electron chi connectivity index (χ3n) is 2.93. The van der Waals surface area contributed by atoms with Gasteiger partial charge in [0.1, 0.15) is 0 Å². The number of hydrogen-bond acceptors (Lipinski definition) is 2. The molecule has 0 N–H and O–H groups in total. The zero-order chi connectivity index (χ0) is 12.4. The average Bonchev–Trinajstić information content (AvgIpc) is 2.32. The topological polar surface area (TPSA) is 29.5 Å². The summed E-state index contributed by atoms with van der Waals surface area (Å²) in [4.78, 5) is 14.1. The van der Waals surface area contributed by atoms with Gasteiger partial charge in [-0.05, 0) is 60.2 Å². The van der Waals surface area contributed by atoms with Gasteiger partial charge in [-0.1, -0.05) is 0 Å². The molecule has 1 atom stereocenters. The molecule has 1 fully saturated rings. The zero-order valence-electron chi connectivity index (χ0n) is 10.1. The standard InChI is InChI=1S/C13H16INO2/c1-9-7-11(3-4-12(9)14)13(16)15-5-6-17-10(2)8-15/h3-4,7,10H,5-6,8H2,1-2H3/t10-/m1/s1. The molecule has 1 heterocycles. The fraction of sp³-hybridized carbons (Fsp3) is 0.462. The zero-order valence-corrected chi connectivity index (χ0v) is 12.2. The number of morpholine rings is 1. The van der Waals surface area contributed by atoms with Gasteiger partial charge in [0.2, 0.25) is 0 Å². The fourth-order valence-electron chi connectivity index (χ4n) is 1.96. The van der Waals surface area contributed by atoms with Gasteiger partial charge in [0.25, 0.3) is 5.91 Å². The quantitative estimate of drug-likeness (QED) is 0.732. The van der Waals surface area contributed by atoms with E-state index in [2.05, 4.69) is 22.6 Å². The highest BCUT2D eigenvalue weighted by molar-refractivity contribution is 14.1. The van der Waals surface area contributed by atoms with E-state index in [4.69, 9.17) is 4.74 Å². The van der Waals surface area contributed by atoms with E-state index in [0.29, 0.717) is 19.7 Å². The van der Waals surface area contributed by atoms with Crippen molar-refractivity contribution >= 4 is 28.5 Å². The fourth-order valence-corrected chi connectivity index (χ4v) is 2.30. The maximum atomic E-state index is 12.3. The molecule has 0 unspecified atom stereocenters. The Morgan fingerprint density at radius 2 is 2.29 bits per heavy atom. The predicted octanol–water partition coefficient (Wildman–Crippen LogP) is 2.46. The van der Waals surface area contributed by atoms with Crippen LogP contribution in [0.1, 0.15) is 22.8 Å². The van der Waals surface area contributed by atoms with E-state index in [0.717, 1.165) is 11.1 Å². The second-order valence-corrected chi connectivity index (χ2v) is 5.56. The van der Waals surface area contributed by atoms with Crippen LogP contribution in [0.15, 0.2) is 18.2 Å². The van der Waals surface area contributed by atoms with Gasteiger partial charge >= 0.3 is 0 Å². The lowest BCUT2D eigenvalue weighted by molar-refractivity contribution is -0.0124. The molecule has 2 rings (SSSR count). The Hall–Kier alpha value is -0.620. The highest BCUT2D eigenvalue weighted by Gasteiger charge is 2.22. The van der Waals surface area contributed by atoms with Crippen molar-refractivity contribution in [2.45, 2.75) is 20.0 Å². The van der Waals surface area contributed by atoms with Crippen LogP contribution in [0.5, 0.6) is 0 Å². The van der Waals surface area contributed by atoms with Gasteiger partial charge in [0.05, 0.1) is 12.7 Å². The number of nitrogens with zero attached hydrogens (tertiary/aromatic N) is 1. The Kier molecular flexibility index (Phi) is 4.04. The summed E-state index contributed by atoms with van der Waals surface area (Å²) in [5.41, 5.74) is 1.93. The van der Waals surface area contributed by atoms with E-state index in [9.17, 15) is 4.79 Å². The van der Waals surface area contributed by atoms with Crippen molar-refractivity contribution in [3.05, 3.63) is 32.9 Å². The number of amides is 1. The molecule has 1 aliphatic rings. The normalized spacial score (nSPS) is 20.4. The minimum absolute atomic E-state index is 0.111. The van der Waals surface area contributed by atoms with Gasteiger partial charge in [-0.25, -0.2) is 0 Å². The molecule has 92 valence electrons. The molecule has 3 nitrogen and oxygen atoms in total. The van der Waals surface area contributed by atoms with Crippen LogP contribution < -0.4 is 0 Å². The van der Waals surface area contributed by atoms with Gasteiger partial charge < -0.3 is 9.64 Å². The molecule has 0 radical (unpaired) electrons. The van der Waals surface area contributed by atoms with Crippen LogP contribution in [0.3, 0.4) is 0 Å². The number of benzene rings is 1. The first-order valence-electron chi connectivity index (χ1n) is 5.75. The van der Waals surface area contributed by atoms with Crippen molar-refractivity contribution in [3.8, 4) is 0 Å². The molecule has 1 aromatic rings. The maximum absolute atomic E-state index is 12.3. The molecular weight excluding hydrogens is 329 g/mol. The molecule has 1 amide bonds. The van der Waals surface area contributed by atoms with Crippen LogP contribution in [-0.2, 0) is 4.74 Å². The van der Waals surface area contributed by atoms with Crippen LogP contribution in [0, 0.1) is 10.5 Å². The summed E-state index contributed by atoms with van der Waals surface area (Å²) in [5, 5.41) is 0. The number of carbonyl (C=O) groups excluding carboxylic acids is 1. The molecular formula is C13H16INO2. The van der Waals surface area contributed by atoms with Gasteiger partial charge in [-0.3, -0.25) is 4.79 Å². The molecule has 0 spiro atoms. The van der Waals surface area contributed by atoms with Crippen LogP contribution in [0.2, 0.25) is 0 Å². The van der Waals surface area contributed by atoms with Crippen molar-refractivity contribution in [2.75, 3.05) is 19.7 Å². The SMILES string of the molecule is Cc1cc(C(=O)N2CCO[C@H](C)C2)ccc1I. The van der Waals surface area contributed by atoms with Crippen molar-refractivity contribution < 1.29 is 9.53 Å². The minimum Gasteiger partial charge on any atom is -0.375 e. The van der Waals surface area contributed by atoms with Gasteiger partial charge in [0, 0.05) is 22.2 Å². The van der Waals surface area contributed by atoms with Crippen molar-refractivity contribution in [1.29, 1.82) is 0 Å². The Morgan fingerprint density at radius 3 is 2.94 bits per heavy atom. The minimum atomic E-state index is 0.111. The van der Waals surface area contributed by atoms with Gasteiger partial charge in [-0.15, -0.1) is 0 Å². The summed E-state index contributed by atoms with van der Waals surface area (Å²) >= 11 is 2.28. The second kappa shape index (κ2) is 5.35. The first-order valence-corrected chi connectivity index (χ1v) is 6.83. The van der Waals surface area contributed by atoms with E-state index in [1.807, 2.05) is 36.9 Å². The van der Waals surface area contributed by atoms with Crippen molar-refractivity contribution in [2.24, 2.45) is 0 Å². The number of aryl methyl sites for hydroxylation is 1. The molecule has 0 aliphatic carbocycles. The highest BCUT2D eigenvalue weighted by Crippen LogP contribution is 2.16. The number of hydrogen-bond donors (Lipinski definition) is 0. The molecule has 17 heavy (non-hydrogen) atoms. The lowest BCUT2D eigenvalue weighted by atomic mass is 10.1. The summed E-state index contributed by atoms with van der Waals surface area (Å²) in [6, 6.07) is 5.86. The van der Waals surface area contributed by atoms with Crippen LogP contribution in [0.4, 0.5) is 0 Å². The Balaban J connectivity index is 2.15. The Morgan fingerprint density at radius 1 is 1.53 bits per heavy atom. The summed E-state index contributed by atoms with van der Waals surface area (Å²) in [6.45, 7) is 6.04. The van der Waals surface area contributed by atoms with Crippen LogP contribution in [-0.4, -0.2) is 36.6 Å². The molecule has 1 aliphatic heterocycles. The third kappa shape index (κ3) is 2.98. The lowest BCUT2D eigenvalue weighted by Crippen LogP contribution is -2.44. The molecule has 1 aromatic carbocycles. The van der Waals surface area contributed by atoms with Crippen LogP contribution in [0.25, 0.3) is 0 Å². The third-order valence-corrected chi connectivity index (χ3v) is 4.14. The highest BCUT2D eigenvalue weighted by atomic mass is 127. The second-order valence-electron chi connectivity index (χ2n) is 4.40. The van der Waals surface area contributed by atoms with E-state index < -0.39 is 0 Å². The smallest absolute Gasteiger partial charge is 0.254 e. The first kappa shape index (κ1) is 12.8. The summed E-state index contributed by atoms with van der Waals surface area (Å²) in [5.74, 6) is 0.111. The first-order chi connectivity index (χ1) is 8.08. The lowest BCUT2D eigenvalue weighted by Gasteiger charge is -2.31. The van der Waals surface area contributed by atoms with E-state index in [-0.39, 0.29) is 12.0 Å². The number of carbonyl (C=O) groups is 1. The summed E-state index contributed by atoms with van der Waals surface area (Å²) < 4.78 is 6.63.